The quantitative estimate of drug-likeness (QED) is 0.185. The lowest BCUT2D eigenvalue weighted by Crippen LogP contribution is -2.50. The van der Waals surface area contributed by atoms with Crippen LogP contribution in [-0.2, 0) is 11.8 Å². The molecule has 0 radical (unpaired) electrons. The number of nitrogens with zero attached hydrogens (tertiary/aromatic N) is 2. The molecule has 0 amide bonds. The fourth-order valence-corrected chi connectivity index (χ4v) is 7.09. The topological polar surface area (TPSA) is 7.76 Å². The largest absolute Gasteiger partial charge is 0.218 e. The number of pyridine rings is 2. The van der Waals surface area contributed by atoms with Gasteiger partial charge in [-0.05, 0) is 78.3 Å². The second-order valence-corrected chi connectivity index (χ2v) is 13.2. The van der Waals surface area contributed by atoms with E-state index < -0.39 is 0 Å². The van der Waals surface area contributed by atoms with Crippen LogP contribution < -0.4 is 9.13 Å². The van der Waals surface area contributed by atoms with Crippen molar-refractivity contribution < 1.29 is 9.13 Å². The maximum atomic E-state index is 4.76. The van der Waals surface area contributed by atoms with Gasteiger partial charge in [-0.25, -0.2) is 0 Å². The summed E-state index contributed by atoms with van der Waals surface area (Å²) in [5, 5.41) is 0. The van der Waals surface area contributed by atoms with Crippen molar-refractivity contribution in [3.63, 3.8) is 0 Å². The number of aromatic nitrogens is 2. The zero-order valence-corrected chi connectivity index (χ0v) is 25.3. The number of aryl methyl sites for hydroxylation is 2. The first kappa shape index (κ1) is 26.6. The third-order valence-electron chi connectivity index (χ3n) is 9.40. The van der Waals surface area contributed by atoms with E-state index in [1.54, 1.807) is 0 Å². The molecule has 0 aliphatic carbocycles. The molecule has 0 fully saturated rings. The van der Waals surface area contributed by atoms with Gasteiger partial charge in [-0.15, -0.1) is 0 Å². The lowest BCUT2D eigenvalue weighted by molar-refractivity contribution is -0.720. The van der Waals surface area contributed by atoms with Crippen molar-refractivity contribution in [2.75, 3.05) is 0 Å². The summed E-state index contributed by atoms with van der Waals surface area (Å²) in [7, 11) is 0. The summed E-state index contributed by atoms with van der Waals surface area (Å²) in [4.78, 5) is 0. The summed E-state index contributed by atoms with van der Waals surface area (Å²) in [5.74, 6) is 0.388. The number of rotatable bonds is 1. The third kappa shape index (κ3) is 4.60. The Morgan fingerprint density at radius 2 is 1.50 bits per heavy atom. The van der Waals surface area contributed by atoms with Crippen LogP contribution in [0.1, 0.15) is 67.8 Å². The number of hydrogen-bond acceptors (Lipinski definition) is 0. The van der Waals surface area contributed by atoms with E-state index >= 15 is 0 Å². The average Bonchev–Trinajstić information content (AvgIpc) is 3.00. The number of hydrogen-bond donors (Lipinski definition) is 0. The van der Waals surface area contributed by atoms with Crippen molar-refractivity contribution in [1.82, 2.24) is 0 Å². The fraction of sp³-hybridized carbons (Fsp3) is 0.250. The lowest BCUT2D eigenvalue weighted by atomic mass is 9.76. The lowest BCUT2D eigenvalue weighted by Gasteiger charge is -2.32. The SMILES string of the molecule is C=C1CC2C(CCc3ccc(-c4ccccc4)cc3-c3ccc(C)c[n+]31)c1ccccc1-c1ccc(C(C)(C)C)c[n+]12. The van der Waals surface area contributed by atoms with Crippen molar-refractivity contribution in [2.45, 2.75) is 64.3 Å². The second kappa shape index (κ2) is 10.2. The molecule has 4 heterocycles. The molecule has 2 aliphatic rings. The van der Waals surface area contributed by atoms with E-state index in [1.165, 1.54) is 55.9 Å². The van der Waals surface area contributed by atoms with Crippen molar-refractivity contribution >= 4 is 5.70 Å². The summed E-state index contributed by atoms with van der Waals surface area (Å²) in [6.45, 7) is 13.9. The summed E-state index contributed by atoms with van der Waals surface area (Å²) >= 11 is 0. The molecule has 2 unspecified atom stereocenters. The van der Waals surface area contributed by atoms with Crippen LogP contribution in [0.2, 0.25) is 0 Å². The van der Waals surface area contributed by atoms with Gasteiger partial charge in [-0.2, -0.15) is 9.13 Å². The van der Waals surface area contributed by atoms with Crippen LogP contribution in [0, 0.1) is 6.92 Å². The van der Waals surface area contributed by atoms with E-state index in [9.17, 15) is 0 Å². The van der Waals surface area contributed by atoms with Crippen LogP contribution >= 0.6 is 0 Å². The summed E-state index contributed by atoms with van der Waals surface area (Å²) in [5.41, 5.74) is 14.4. The van der Waals surface area contributed by atoms with E-state index in [-0.39, 0.29) is 11.5 Å². The predicted octanol–water partition coefficient (Wildman–Crippen LogP) is 9.01. The van der Waals surface area contributed by atoms with Gasteiger partial charge < -0.3 is 0 Å². The average molecular weight is 549 g/mol. The highest BCUT2D eigenvalue weighted by Gasteiger charge is 2.43. The number of fused-ring (bicyclic) bond motifs is 9. The van der Waals surface area contributed by atoms with Gasteiger partial charge in [0.15, 0.2) is 24.1 Å². The molecule has 7 rings (SSSR count). The Bertz CT molecular complexity index is 1820. The van der Waals surface area contributed by atoms with Crippen LogP contribution in [-0.4, -0.2) is 0 Å². The maximum absolute atomic E-state index is 4.76. The Labute approximate surface area is 250 Å². The first-order valence-electron chi connectivity index (χ1n) is 15.3. The Hall–Kier alpha value is -4.30. The van der Waals surface area contributed by atoms with Gasteiger partial charge in [0.1, 0.15) is 0 Å². The van der Waals surface area contributed by atoms with E-state index in [1.807, 2.05) is 0 Å². The van der Waals surface area contributed by atoms with Gasteiger partial charge in [0.25, 0.3) is 0 Å². The Morgan fingerprint density at radius 1 is 0.738 bits per heavy atom. The Morgan fingerprint density at radius 3 is 2.31 bits per heavy atom. The summed E-state index contributed by atoms with van der Waals surface area (Å²) < 4.78 is 4.97. The highest BCUT2D eigenvalue weighted by Crippen LogP contribution is 2.44. The fourth-order valence-electron chi connectivity index (χ4n) is 7.09. The minimum atomic E-state index is 0.0787. The smallest absolute Gasteiger partial charge is 0.194 e. The van der Waals surface area contributed by atoms with Gasteiger partial charge in [0, 0.05) is 34.7 Å². The molecule has 0 N–H and O–H groups in total. The van der Waals surface area contributed by atoms with Crippen molar-refractivity contribution in [3.8, 4) is 33.6 Å². The van der Waals surface area contributed by atoms with E-state index in [0.717, 1.165) is 25.0 Å². The molecule has 3 aromatic carbocycles. The molecule has 5 aromatic rings. The van der Waals surface area contributed by atoms with Crippen LogP contribution in [0.25, 0.3) is 39.3 Å². The molecule has 0 saturated carbocycles. The minimum Gasteiger partial charge on any atom is -0.194 e. The van der Waals surface area contributed by atoms with Gasteiger partial charge >= 0.3 is 0 Å². The zero-order chi connectivity index (χ0) is 29.0. The normalized spacial score (nSPS) is 17.8. The van der Waals surface area contributed by atoms with Crippen LogP contribution in [0.4, 0.5) is 0 Å². The van der Waals surface area contributed by atoms with E-state index in [4.69, 9.17) is 6.58 Å². The number of benzene rings is 3. The van der Waals surface area contributed by atoms with Crippen molar-refractivity contribution in [1.29, 1.82) is 0 Å². The predicted molar refractivity (Wildman–Crippen MR) is 173 cm³/mol. The molecule has 0 saturated heterocycles. The standard InChI is InChI=1S/C40H40N2/c1-27-15-21-38-36-24-31(29-11-7-6-8-12-29)17-16-30(36)18-20-35-33-13-9-10-14-34(33)37-22-19-32(40(3,4)5)26-42(37)39(35)23-28(2)41(38)25-27/h6-17,19,21-22,24-26,35,39H,2,18,20,23H2,1,3-5H3/q+2. The highest BCUT2D eigenvalue weighted by molar-refractivity contribution is 5.73. The van der Waals surface area contributed by atoms with Crippen molar-refractivity contribution in [3.05, 3.63) is 138 Å². The molecule has 208 valence electrons. The molecule has 0 spiro atoms. The second-order valence-electron chi connectivity index (χ2n) is 13.2. The molecule has 2 atom stereocenters. The Balaban J connectivity index is 1.42. The first-order valence-corrected chi connectivity index (χ1v) is 15.3. The maximum Gasteiger partial charge on any atom is 0.218 e. The molecular formula is C40H40N2+2. The molecule has 2 aromatic heterocycles. The molecule has 2 nitrogen and oxygen atoms in total. The molecule has 42 heavy (non-hydrogen) atoms. The zero-order valence-electron chi connectivity index (χ0n) is 25.3. The van der Waals surface area contributed by atoms with E-state index in [0.29, 0.717) is 5.92 Å². The Kier molecular flexibility index (Phi) is 6.46. The third-order valence-corrected chi connectivity index (χ3v) is 9.40. The van der Waals surface area contributed by atoms with E-state index in [2.05, 4.69) is 146 Å². The molecule has 2 aliphatic heterocycles. The van der Waals surface area contributed by atoms with Gasteiger partial charge in [0.2, 0.25) is 11.4 Å². The van der Waals surface area contributed by atoms with Crippen LogP contribution in [0.3, 0.4) is 0 Å². The molecular weight excluding hydrogens is 508 g/mol. The van der Waals surface area contributed by atoms with Gasteiger partial charge in [-0.1, -0.05) is 81.4 Å². The minimum absolute atomic E-state index is 0.0787. The number of allylic oxidation sites excluding steroid dienone is 1. The summed E-state index contributed by atoms with van der Waals surface area (Å²) in [6.07, 6.45) is 7.71. The van der Waals surface area contributed by atoms with Gasteiger partial charge in [-0.3, -0.25) is 0 Å². The van der Waals surface area contributed by atoms with Gasteiger partial charge in [0.05, 0.1) is 12.0 Å². The monoisotopic (exact) mass is 548 g/mol. The van der Waals surface area contributed by atoms with Crippen LogP contribution in [0.5, 0.6) is 0 Å². The van der Waals surface area contributed by atoms with Crippen LogP contribution in [0.15, 0.2) is 116 Å². The molecule has 0 bridgehead atoms. The van der Waals surface area contributed by atoms with Crippen molar-refractivity contribution in [2.24, 2.45) is 0 Å². The first-order chi connectivity index (χ1) is 20.3. The molecule has 2 heteroatoms. The highest BCUT2D eigenvalue weighted by atomic mass is 15.0. The summed E-state index contributed by atoms with van der Waals surface area (Å²) in [6, 6.07) is 36.4.